The van der Waals surface area contributed by atoms with Crippen molar-refractivity contribution in [3.8, 4) is 0 Å². The molecule has 24 heavy (non-hydrogen) atoms. The Bertz CT molecular complexity index is 836. The number of halogens is 1. The predicted molar refractivity (Wildman–Crippen MR) is 101 cm³/mol. The highest BCUT2D eigenvalue weighted by atomic mass is 79.9. The molecular weight excluding hydrogens is 364 g/mol. The number of aryl methyl sites for hydroxylation is 1. The summed E-state index contributed by atoms with van der Waals surface area (Å²) in [6.45, 7) is 2.56. The molecule has 1 N–H and O–H groups in total. The molecule has 1 aliphatic rings. The molecule has 0 bridgehead atoms. The lowest BCUT2D eigenvalue weighted by molar-refractivity contribution is -0.683. The lowest BCUT2D eigenvalue weighted by Crippen LogP contribution is -2.43. The van der Waals surface area contributed by atoms with Crippen LogP contribution in [0.2, 0.25) is 0 Å². The van der Waals surface area contributed by atoms with Crippen molar-refractivity contribution < 1.29 is 9.67 Å². The van der Waals surface area contributed by atoms with Crippen LogP contribution in [0.15, 0.2) is 79.0 Å². The average molecular weight is 384 g/mol. The molecule has 1 unspecified atom stereocenters. The Labute approximate surface area is 152 Å². The number of para-hydroxylation sites is 1. The largest absolute Gasteiger partial charge is 0.346 e. The van der Waals surface area contributed by atoms with Gasteiger partial charge in [0.25, 0.3) is 11.5 Å². The fourth-order valence-corrected chi connectivity index (χ4v) is 3.27. The molecule has 1 atom stereocenters. The van der Waals surface area contributed by atoms with E-state index >= 15 is 0 Å². The summed E-state index contributed by atoms with van der Waals surface area (Å²) in [6.07, 6.45) is 2.01. The van der Waals surface area contributed by atoms with Crippen LogP contribution in [0.25, 0.3) is 0 Å². The molecule has 0 spiro atoms. The van der Waals surface area contributed by atoms with E-state index in [9.17, 15) is 5.11 Å². The number of anilines is 2. The van der Waals surface area contributed by atoms with Crippen molar-refractivity contribution in [1.29, 1.82) is 0 Å². The maximum atomic E-state index is 11.6. The fraction of sp³-hybridized carbons (Fsp3) is 0.150. The second-order valence-electron chi connectivity index (χ2n) is 6.04. The number of fused-ring (bicyclic) bond motifs is 1. The zero-order chi connectivity index (χ0) is 15.9. The number of aliphatic hydroxyl groups is 1. The van der Waals surface area contributed by atoms with E-state index in [0.29, 0.717) is 6.54 Å². The van der Waals surface area contributed by atoms with Gasteiger partial charge in [-0.25, -0.2) is 4.57 Å². The minimum Gasteiger partial charge on any atom is -0.346 e. The molecule has 4 rings (SSSR count). The Morgan fingerprint density at radius 1 is 0.917 bits per heavy atom. The van der Waals surface area contributed by atoms with Gasteiger partial charge in [0.1, 0.15) is 5.69 Å². The van der Waals surface area contributed by atoms with Crippen molar-refractivity contribution in [3.63, 3.8) is 0 Å². The second-order valence-corrected chi connectivity index (χ2v) is 6.04. The topological polar surface area (TPSA) is 27.4 Å². The Kier molecular flexibility index (Phi) is 4.43. The van der Waals surface area contributed by atoms with E-state index in [4.69, 9.17) is 0 Å². The highest BCUT2D eigenvalue weighted by Gasteiger charge is 2.52. The van der Waals surface area contributed by atoms with Crippen LogP contribution in [0.1, 0.15) is 11.1 Å². The summed E-state index contributed by atoms with van der Waals surface area (Å²) < 4.78 is 2.09. The van der Waals surface area contributed by atoms with E-state index in [0.717, 1.165) is 17.1 Å². The van der Waals surface area contributed by atoms with Crippen LogP contribution in [0, 0.1) is 6.92 Å². The zero-order valence-corrected chi connectivity index (χ0v) is 15.2. The second kappa shape index (κ2) is 6.38. The summed E-state index contributed by atoms with van der Waals surface area (Å²) in [6, 6.07) is 24.2. The van der Waals surface area contributed by atoms with Crippen molar-refractivity contribution in [2.75, 3.05) is 4.90 Å². The minimum atomic E-state index is -1.09. The quantitative estimate of drug-likeness (QED) is 0.680. The Balaban J connectivity index is 0.00000169. The molecule has 1 aromatic heterocycles. The van der Waals surface area contributed by atoms with Crippen molar-refractivity contribution in [3.05, 3.63) is 90.1 Å². The molecule has 3 nitrogen and oxygen atoms in total. The molecule has 0 fully saturated rings. The van der Waals surface area contributed by atoms with Gasteiger partial charge in [-0.3, -0.25) is 0 Å². The third kappa shape index (κ3) is 2.62. The Morgan fingerprint density at radius 3 is 2.29 bits per heavy atom. The van der Waals surface area contributed by atoms with Gasteiger partial charge in [0, 0.05) is 11.6 Å². The van der Waals surface area contributed by atoms with Gasteiger partial charge in [-0.05, 0) is 25.1 Å². The summed E-state index contributed by atoms with van der Waals surface area (Å²) in [7, 11) is 0. The molecule has 4 heteroatoms. The number of aromatic nitrogens is 1. The number of hydrogen-bond donors (Lipinski definition) is 1. The summed E-state index contributed by atoms with van der Waals surface area (Å²) in [4.78, 5) is 2.01. The third-order valence-electron chi connectivity index (χ3n) is 4.43. The van der Waals surface area contributed by atoms with Crippen molar-refractivity contribution in [2.45, 2.75) is 19.2 Å². The predicted octanol–water partition coefficient (Wildman–Crippen LogP) is 3.86. The standard InChI is InChI=1S/C20H19N2O.BrH/c1-16-10-12-17(13-11-16)20(23)15-21-14-6-5-9-19(21)22(20)18-7-3-2-4-8-18;/h2-14,23H,15H2,1H3;1H/q+1;. The van der Waals surface area contributed by atoms with Gasteiger partial charge in [0.05, 0.1) is 6.20 Å². The molecule has 0 saturated heterocycles. The SMILES string of the molecule is Br.Cc1ccc(C2(O)C[n+]3ccccc3N2c2ccccc2)cc1. The zero-order valence-electron chi connectivity index (χ0n) is 13.5. The van der Waals surface area contributed by atoms with Crippen molar-refractivity contribution in [2.24, 2.45) is 0 Å². The maximum Gasteiger partial charge on any atom is 0.284 e. The summed E-state index contributed by atoms with van der Waals surface area (Å²) in [5.41, 5.74) is 1.97. The molecule has 2 heterocycles. The van der Waals surface area contributed by atoms with Crippen LogP contribution in [0.5, 0.6) is 0 Å². The monoisotopic (exact) mass is 383 g/mol. The van der Waals surface area contributed by atoms with Gasteiger partial charge in [-0.1, -0.05) is 54.1 Å². The molecule has 3 aromatic rings. The van der Waals surface area contributed by atoms with E-state index in [1.165, 1.54) is 5.56 Å². The first-order valence-electron chi connectivity index (χ1n) is 7.82. The third-order valence-corrected chi connectivity index (χ3v) is 4.43. The van der Waals surface area contributed by atoms with Crippen LogP contribution in [-0.2, 0) is 12.3 Å². The molecular formula is C20H20BrN2O+. The van der Waals surface area contributed by atoms with E-state index in [1.54, 1.807) is 0 Å². The maximum absolute atomic E-state index is 11.6. The van der Waals surface area contributed by atoms with E-state index in [2.05, 4.69) is 11.5 Å². The van der Waals surface area contributed by atoms with Gasteiger partial charge in [0.2, 0.25) is 0 Å². The molecule has 0 aliphatic carbocycles. The van der Waals surface area contributed by atoms with Crippen molar-refractivity contribution in [1.82, 2.24) is 0 Å². The minimum absolute atomic E-state index is 0. The Hall–Kier alpha value is -2.17. The molecule has 0 saturated carbocycles. The van der Waals surface area contributed by atoms with Gasteiger partial charge in [-0.15, -0.1) is 17.0 Å². The first-order chi connectivity index (χ1) is 11.2. The van der Waals surface area contributed by atoms with Crippen LogP contribution >= 0.6 is 17.0 Å². The number of benzene rings is 2. The molecule has 122 valence electrons. The van der Waals surface area contributed by atoms with Gasteiger partial charge >= 0.3 is 0 Å². The molecule has 2 aromatic carbocycles. The van der Waals surface area contributed by atoms with Crippen LogP contribution < -0.4 is 9.47 Å². The number of rotatable bonds is 2. The highest BCUT2D eigenvalue weighted by Crippen LogP contribution is 2.40. The number of pyridine rings is 1. The first kappa shape index (κ1) is 16.7. The van der Waals surface area contributed by atoms with E-state index < -0.39 is 5.72 Å². The van der Waals surface area contributed by atoms with E-state index in [1.807, 2.05) is 83.9 Å². The Morgan fingerprint density at radius 2 is 1.58 bits per heavy atom. The van der Waals surface area contributed by atoms with Crippen LogP contribution in [0.3, 0.4) is 0 Å². The number of hydrogen-bond acceptors (Lipinski definition) is 2. The molecule has 0 amide bonds. The van der Waals surface area contributed by atoms with Crippen molar-refractivity contribution >= 4 is 28.5 Å². The summed E-state index contributed by atoms with van der Waals surface area (Å²) >= 11 is 0. The summed E-state index contributed by atoms with van der Waals surface area (Å²) in [5, 5.41) is 11.6. The van der Waals surface area contributed by atoms with Gasteiger partial charge in [-0.2, -0.15) is 4.90 Å². The van der Waals surface area contributed by atoms with Crippen LogP contribution in [-0.4, -0.2) is 5.11 Å². The smallest absolute Gasteiger partial charge is 0.284 e. The lowest BCUT2D eigenvalue weighted by atomic mass is 10.00. The summed E-state index contributed by atoms with van der Waals surface area (Å²) in [5.74, 6) is 0.988. The van der Waals surface area contributed by atoms with Crippen LogP contribution in [0.4, 0.5) is 11.5 Å². The van der Waals surface area contributed by atoms with Gasteiger partial charge < -0.3 is 5.11 Å². The average Bonchev–Trinajstić information content (AvgIpc) is 2.89. The fourth-order valence-electron chi connectivity index (χ4n) is 3.27. The van der Waals surface area contributed by atoms with E-state index in [-0.39, 0.29) is 17.0 Å². The normalized spacial score (nSPS) is 18.8. The molecule has 0 radical (unpaired) electrons. The highest BCUT2D eigenvalue weighted by molar-refractivity contribution is 8.93. The molecule has 1 aliphatic heterocycles. The lowest BCUT2D eigenvalue weighted by Gasteiger charge is -2.27. The number of nitrogens with zero attached hydrogens (tertiary/aromatic N) is 2. The van der Waals surface area contributed by atoms with Gasteiger partial charge in [0.15, 0.2) is 6.54 Å². The first-order valence-corrected chi connectivity index (χ1v) is 7.82.